The van der Waals surface area contributed by atoms with E-state index in [0.29, 0.717) is 6.61 Å². The normalized spacial score (nSPS) is 13.6. The van der Waals surface area contributed by atoms with Crippen LogP contribution in [0, 0.1) is 0 Å². The molecular formula is C17H35Cl2IOSi. The van der Waals surface area contributed by atoms with Crippen LogP contribution >= 0.6 is 45.8 Å². The molecule has 0 aromatic rings. The van der Waals surface area contributed by atoms with E-state index < -0.39 is 12.7 Å². The summed E-state index contributed by atoms with van der Waals surface area (Å²) in [6.07, 6.45) is 9.90. The summed E-state index contributed by atoms with van der Waals surface area (Å²) in [7, 11) is -1.76. The summed E-state index contributed by atoms with van der Waals surface area (Å²) in [5, 5.41) is 0.203. The van der Waals surface area contributed by atoms with Crippen LogP contribution in [0.1, 0.15) is 72.1 Å². The fraction of sp³-hybridized carbons (Fsp3) is 1.00. The summed E-state index contributed by atoms with van der Waals surface area (Å²) in [6.45, 7) is 11.7. The maximum atomic E-state index is 6.44. The molecule has 22 heavy (non-hydrogen) atoms. The second kappa shape index (κ2) is 11.2. The Kier molecular flexibility index (Phi) is 11.9. The Bertz CT molecular complexity index is 291. The van der Waals surface area contributed by atoms with Gasteiger partial charge in [-0.15, -0.1) is 0 Å². The highest BCUT2D eigenvalue weighted by atomic mass is 127. The van der Waals surface area contributed by atoms with E-state index >= 15 is 0 Å². The lowest BCUT2D eigenvalue weighted by atomic mass is 10.1. The predicted molar refractivity (Wildman–Crippen MR) is 113 cm³/mol. The molecule has 0 atom stereocenters. The molecule has 0 amide bonds. The van der Waals surface area contributed by atoms with Gasteiger partial charge >= 0.3 is 0 Å². The molecule has 0 aromatic heterocycles. The SMILES string of the molecule is CC(C)(C)[Si](C)(C)OCC(Cl)(Cl)CCCCCCCCCI. The lowest BCUT2D eigenvalue weighted by Crippen LogP contribution is -2.43. The third-order valence-electron chi connectivity index (χ3n) is 4.63. The van der Waals surface area contributed by atoms with Crippen molar-refractivity contribution in [2.75, 3.05) is 11.0 Å². The van der Waals surface area contributed by atoms with Gasteiger partial charge < -0.3 is 4.43 Å². The molecule has 0 fully saturated rings. The molecule has 0 N–H and O–H groups in total. The van der Waals surface area contributed by atoms with Crippen molar-refractivity contribution in [2.45, 2.75) is 94.6 Å². The minimum absolute atomic E-state index is 0.203. The first kappa shape index (κ1) is 23.5. The van der Waals surface area contributed by atoms with Crippen LogP contribution in [0.5, 0.6) is 0 Å². The van der Waals surface area contributed by atoms with Gasteiger partial charge in [0.15, 0.2) is 8.32 Å². The highest BCUT2D eigenvalue weighted by Gasteiger charge is 2.39. The molecular weight excluding hydrogens is 446 g/mol. The van der Waals surface area contributed by atoms with Crippen molar-refractivity contribution in [3.05, 3.63) is 0 Å². The van der Waals surface area contributed by atoms with Crippen LogP contribution in [0.2, 0.25) is 18.1 Å². The van der Waals surface area contributed by atoms with Crippen molar-refractivity contribution in [3.63, 3.8) is 0 Å². The van der Waals surface area contributed by atoms with E-state index in [0.717, 1.165) is 12.8 Å². The maximum absolute atomic E-state index is 6.44. The summed E-state index contributed by atoms with van der Waals surface area (Å²) in [6, 6.07) is 0. The molecule has 0 heterocycles. The van der Waals surface area contributed by atoms with Gasteiger partial charge in [-0.1, -0.05) is 105 Å². The Morgan fingerprint density at radius 3 is 1.77 bits per heavy atom. The third kappa shape index (κ3) is 11.1. The zero-order chi connectivity index (χ0) is 17.3. The highest BCUT2D eigenvalue weighted by Crippen LogP contribution is 2.38. The summed E-state index contributed by atoms with van der Waals surface area (Å²) in [5.74, 6) is 0. The molecule has 134 valence electrons. The summed E-state index contributed by atoms with van der Waals surface area (Å²) in [4.78, 5) is 0. The average molecular weight is 481 g/mol. The Hall–Kier alpha value is 1.49. The van der Waals surface area contributed by atoms with Crippen molar-refractivity contribution in [2.24, 2.45) is 0 Å². The van der Waals surface area contributed by atoms with Gasteiger partial charge in [-0.25, -0.2) is 0 Å². The van der Waals surface area contributed by atoms with Crippen LogP contribution in [0.15, 0.2) is 0 Å². The minimum atomic E-state index is -1.76. The number of hydrogen-bond donors (Lipinski definition) is 0. The lowest BCUT2D eigenvalue weighted by Gasteiger charge is -2.37. The van der Waals surface area contributed by atoms with Crippen LogP contribution in [0.25, 0.3) is 0 Å². The first-order valence-corrected chi connectivity index (χ1v) is 13.8. The summed E-state index contributed by atoms with van der Waals surface area (Å²) >= 11 is 15.3. The average Bonchev–Trinajstić information content (AvgIpc) is 2.38. The maximum Gasteiger partial charge on any atom is 0.192 e. The molecule has 0 aliphatic carbocycles. The largest absolute Gasteiger partial charge is 0.414 e. The van der Waals surface area contributed by atoms with Gasteiger partial charge in [0.25, 0.3) is 0 Å². The van der Waals surface area contributed by atoms with Crippen LogP contribution in [0.3, 0.4) is 0 Å². The van der Waals surface area contributed by atoms with E-state index in [4.69, 9.17) is 27.6 Å². The van der Waals surface area contributed by atoms with Crippen molar-refractivity contribution in [1.29, 1.82) is 0 Å². The van der Waals surface area contributed by atoms with Crippen molar-refractivity contribution in [1.82, 2.24) is 0 Å². The van der Waals surface area contributed by atoms with Crippen LogP contribution in [-0.2, 0) is 4.43 Å². The Morgan fingerprint density at radius 2 is 1.32 bits per heavy atom. The van der Waals surface area contributed by atoms with Gasteiger partial charge in [-0.3, -0.25) is 0 Å². The van der Waals surface area contributed by atoms with Crippen LogP contribution in [-0.4, -0.2) is 23.7 Å². The van der Waals surface area contributed by atoms with Crippen LogP contribution in [0.4, 0.5) is 0 Å². The third-order valence-corrected chi connectivity index (χ3v) is 10.5. The lowest BCUT2D eigenvalue weighted by molar-refractivity contribution is 0.267. The molecule has 0 saturated heterocycles. The van der Waals surface area contributed by atoms with E-state index in [1.54, 1.807) is 0 Å². The van der Waals surface area contributed by atoms with E-state index in [2.05, 4.69) is 56.5 Å². The van der Waals surface area contributed by atoms with Gasteiger partial charge in [-0.2, -0.15) is 0 Å². The van der Waals surface area contributed by atoms with E-state index in [-0.39, 0.29) is 5.04 Å². The van der Waals surface area contributed by atoms with Crippen molar-refractivity contribution < 1.29 is 4.43 Å². The molecule has 5 heteroatoms. The topological polar surface area (TPSA) is 9.23 Å². The quantitative estimate of drug-likeness (QED) is 0.120. The number of alkyl halides is 3. The standard InChI is InChI=1S/C17H35Cl2IOSi/c1-16(2,3)22(4,5)21-15-17(18,19)13-11-9-7-6-8-10-12-14-20/h6-15H2,1-5H3. The van der Waals surface area contributed by atoms with Gasteiger partial charge in [-0.05, 0) is 35.4 Å². The molecule has 0 saturated carbocycles. The van der Waals surface area contributed by atoms with Gasteiger partial charge in [0.1, 0.15) is 4.33 Å². The molecule has 0 aromatic carbocycles. The van der Waals surface area contributed by atoms with Crippen molar-refractivity contribution >= 4 is 54.1 Å². The molecule has 0 aliphatic heterocycles. The molecule has 0 radical (unpaired) electrons. The zero-order valence-corrected chi connectivity index (χ0v) is 19.8. The molecule has 1 nitrogen and oxygen atoms in total. The molecule has 0 unspecified atom stereocenters. The fourth-order valence-electron chi connectivity index (χ4n) is 1.94. The molecule has 0 bridgehead atoms. The van der Waals surface area contributed by atoms with Gasteiger partial charge in [0, 0.05) is 0 Å². The first-order valence-electron chi connectivity index (χ1n) is 8.60. The highest BCUT2D eigenvalue weighted by molar-refractivity contribution is 14.1. The molecule has 0 aliphatic rings. The van der Waals surface area contributed by atoms with Gasteiger partial charge in [0.2, 0.25) is 0 Å². The van der Waals surface area contributed by atoms with Gasteiger partial charge in [0.05, 0.1) is 6.61 Å². The fourth-order valence-corrected chi connectivity index (χ4v) is 4.08. The Labute approximate surface area is 163 Å². The second-order valence-electron chi connectivity index (χ2n) is 7.82. The molecule has 0 spiro atoms. The van der Waals surface area contributed by atoms with E-state index in [1.807, 2.05) is 0 Å². The minimum Gasteiger partial charge on any atom is -0.414 e. The number of rotatable bonds is 12. The summed E-state index contributed by atoms with van der Waals surface area (Å²) < 4.78 is 6.71. The Balaban J connectivity index is 3.82. The first-order chi connectivity index (χ1) is 10.0. The number of unbranched alkanes of at least 4 members (excludes halogenated alkanes) is 6. The van der Waals surface area contributed by atoms with E-state index in [1.165, 1.54) is 43.0 Å². The number of halogens is 3. The monoisotopic (exact) mass is 480 g/mol. The molecule has 0 rings (SSSR count). The number of hydrogen-bond acceptors (Lipinski definition) is 1. The predicted octanol–water partition coefficient (Wildman–Crippen LogP) is 7.74. The smallest absolute Gasteiger partial charge is 0.192 e. The Morgan fingerprint density at radius 1 is 0.864 bits per heavy atom. The second-order valence-corrected chi connectivity index (χ2v) is 15.3. The van der Waals surface area contributed by atoms with Crippen LogP contribution < -0.4 is 0 Å². The van der Waals surface area contributed by atoms with E-state index in [9.17, 15) is 0 Å². The summed E-state index contributed by atoms with van der Waals surface area (Å²) in [5.41, 5.74) is 0. The zero-order valence-electron chi connectivity index (χ0n) is 15.1. The van der Waals surface area contributed by atoms with Crippen molar-refractivity contribution in [3.8, 4) is 0 Å².